The molecular formula is C17H16N4O3. The van der Waals surface area contributed by atoms with Crippen LogP contribution in [0.5, 0.6) is 5.88 Å². The molecule has 0 aliphatic heterocycles. The van der Waals surface area contributed by atoms with Gasteiger partial charge in [-0.3, -0.25) is 4.57 Å². The van der Waals surface area contributed by atoms with Gasteiger partial charge in [-0.15, -0.1) is 0 Å². The molecule has 0 amide bonds. The fraction of sp³-hybridized carbons (Fsp3) is 0.176. The molecule has 7 nitrogen and oxygen atoms in total. The molecule has 3 aromatic heterocycles. The maximum Gasteiger partial charge on any atom is 0.358 e. The fourth-order valence-electron chi connectivity index (χ4n) is 2.19. The Balaban J connectivity index is 2.09. The van der Waals surface area contributed by atoms with Crippen LogP contribution >= 0.6 is 0 Å². The van der Waals surface area contributed by atoms with Crippen molar-refractivity contribution < 1.29 is 14.3 Å². The Morgan fingerprint density at radius 1 is 1.21 bits per heavy atom. The summed E-state index contributed by atoms with van der Waals surface area (Å²) in [5.74, 6) is 1.22. The molecule has 0 aliphatic rings. The third-order valence-electron chi connectivity index (χ3n) is 3.29. The third-order valence-corrected chi connectivity index (χ3v) is 3.29. The number of hydrogen-bond acceptors (Lipinski definition) is 6. The second-order valence-electron chi connectivity index (χ2n) is 4.82. The van der Waals surface area contributed by atoms with Gasteiger partial charge in [-0.1, -0.05) is 6.07 Å². The normalized spacial score (nSPS) is 10.4. The third kappa shape index (κ3) is 3.10. The Kier molecular flexibility index (Phi) is 4.51. The van der Waals surface area contributed by atoms with Gasteiger partial charge in [0.15, 0.2) is 5.69 Å². The lowest BCUT2D eigenvalue weighted by atomic mass is 10.2. The van der Waals surface area contributed by atoms with E-state index in [1.54, 1.807) is 43.3 Å². The zero-order valence-corrected chi connectivity index (χ0v) is 13.3. The monoisotopic (exact) mass is 324 g/mol. The number of hydrogen-bond donors (Lipinski definition) is 0. The molecule has 7 heteroatoms. The molecule has 24 heavy (non-hydrogen) atoms. The zero-order valence-electron chi connectivity index (χ0n) is 13.3. The SMILES string of the molecule is CCOC(=O)c1cn(-c2ccccn2)c(-c2ccc(OC)nc2)n1. The largest absolute Gasteiger partial charge is 0.481 e. The molecule has 0 aromatic carbocycles. The quantitative estimate of drug-likeness (QED) is 0.671. The van der Waals surface area contributed by atoms with Gasteiger partial charge in [-0.25, -0.2) is 19.7 Å². The highest BCUT2D eigenvalue weighted by atomic mass is 16.5. The molecule has 0 saturated heterocycles. The van der Waals surface area contributed by atoms with Crippen molar-refractivity contribution in [2.75, 3.05) is 13.7 Å². The van der Waals surface area contributed by atoms with Crippen molar-refractivity contribution in [3.63, 3.8) is 0 Å². The van der Waals surface area contributed by atoms with Crippen LogP contribution in [0.15, 0.2) is 48.9 Å². The molecule has 0 bridgehead atoms. The zero-order chi connectivity index (χ0) is 16.9. The number of carbonyl (C=O) groups excluding carboxylic acids is 1. The van der Waals surface area contributed by atoms with Crippen LogP contribution in [0.25, 0.3) is 17.2 Å². The van der Waals surface area contributed by atoms with Crippen LogP contribution in [0.1, 0.15) is 17.4 Å². The summed E-state index contributed by atoms with van der Waals surface area (Å²) in [6.07, 6.45) is 4.92. The lowest BCUT2D eigenvalue weighted by Gasteiger charge is -2.06. The number of imidazole rings is 1. The summed E-state index contributed by atoms with van der Waals surface area (Å²) in [7, 11) is 1.55. The smallest absolute Gasteiger partial charge is 0.358 e. The predicted octanol–water partition coefficient (Wildman–Crippen LogP) is 2.51. The lowest BCUT2D eigenvalue weighted by Crippen LogP contribution is -2.04. The van der Waals surface area contributed by atoms with Crippen molar-refractivity contribution in [3.05, 3.63) is 54.6 Å². The van der Waals surface area contributed by atoms with Gasteiger partial charge in [-0.2, -0.15) is 0 Å². The highest BCUT2D eigenvalue weighted by Gasteiger charge is 2.18. The van der Waals surface area contributed by atoms with Gasteiger partial charge in [0.25, 0.3) is 0 Å². The van der Waals surface area contributed by atoms with Crippen molar-refractivity contribution in [2.24, 2.45) is 0 Å². The first-order valence-electron chi connectivity index (χ1n) is 7.41. The highest BCUT2D eigenvalue weighted by molar-refractivity contribution is 5.88. The molecule has 0 spiro atoms. The number of nitrogens with zero attached hydrogens (tertiary/aromatic N) is 4. The van der Waals surface area contributed by atoms with E-state index in [1.807, 2.05) is 24.3 Å². The summed E-state index contributed by atoms with van der Waals surface area (Å²) in [5, 5.41) is 0. The van der Waals surface area contributed by atoms with Crippen molar-refractivity contribution in [1.82, 2.24) is 19.5 Å². The molecule has 0 atom stereocenters. The van der Waals surface area contributed by atoms with Gasteiger partial charge in [0, 0.05) is 30.2 Å². The minimum absolute atomic E-state index is 0.216. The van der Waals surface area contributed by atoms with E-state index in [2.05, 4.69) is 15.0 Å². The van der Waals surface area contributed by atoms with Crippen molar-refractivity contribution in [3.8, 4) is 23.1 Å². The summed E-state index contributed by atoms with van der Waals surface area (Å²) >= 11 is 0. The van der Waals surface area contributed by atoms with Gasteiger partial charge in [0.2, 0.25) is 5.88 Å². The standard InChI is InChI=1S/C17H16N4O3/c1-3-24-17(22)13-11-21(14-6-4-5-9-18-14)16(20-13)12-7-8-15(23-2)19-10-12/h4-11H,3H2,1-2H3. The summed E-state index contributed by atoms with van der Waals surface area (Å²) in [4.78, 5) is 24.9. The van der Waals surface area contributed by atoms with Crippen LogP contribution in [0.2, 0.25) is 0 Å². The summed E-state index contributed by atoms with van der Waals surface area (Å²) in [5.41, 5.74) is 0.949. The number of ether oxygens (including phenoxy) is 2. The van der Waals surface area contributed by atoms with Crippen LogP contribution < -0.4 is 4.74 Å². The lowest BCUT2D eigenvalue weighted by molar-refractivity contribution is 0.0520. The molecular weight excluding hydrogens is 308 g/mol. The Morgan fingerprint density at radius 2 is 2.08 bits per heavy atom. The Labute approximate surface area is 138 Å². The van der Waals surface area contributed by atoms with E-state index in [4.69, 9.17) is 9.47 Å². The predicted molar refractivity (Wildman–Crippen MR) is 87.1 cm³/mol. The number of esters is 1. The van der Waals surface area contributed by atoms with E-state index >= 15 is 0 Å². The minimum Gasteiger partial charge on any atom is -0.481 e. The number of carbonyl (C=O) groups is 1. The van der Waals surface area contributed by atoms with E-state index in [-0.39, 0.29) is 12.3 Å². The number of aromatic nitrogens is 4. The second kappa shape index (κ2) is 6.91. The summed E-state index contributed by atoms with van der Waals surface area (Å²) in [6.45, 7) is 2.04. The van der Waals surface area contributed by atoms with Crippen LogP contribution in [0.3, 0.4) is 0 Å². The van der Waals surface area contributed by atoms with Gasteiger partial charge < -0.3 is 9.47 Å². The van der Waals surface area contributed by atoms with E-state index in [0.717, 1.165) is 5.56 Å². The number of pyridine rings is 2. The number of rotatable bonds is 5. The van der Waals surface area contributed by atoms with Gasteiger partial charge in [0.1, 0.15) is 11.6 Å². The summed E-state index contributed by atoms with van der Waals surface area (Å²) < 4.78 is 11.8. The minimum atomic E-state index is -0.477. The molecule has 0 fully saturated rings. The molecule has 3 rings (SSSR count). The Morgan fingerprint density at radius 3 is 2.71 bits per heavy atom. The molecule has 0 unspecified atom stereocenters. The number of methoxy groups -OCH3 is 1. The maximum absolute atomic E-state index is 12.0. The van der Waals surface area contributed by atoms with Crippen LogP contribution in [0.4, 0.5) is 0 Å². The Hall–Kier alpha value is -3.22. The highest BCUT2D eigenvalue weighted by Crippen LogP contribution is 2.23. The van der Waals surface area contributed by atoms with E-state index < -0.39 is 5.97 Å². The van der Waals surface area contributed by atoms with Crippen LogP contribution in [0, 0.1) is 0 Å². The topological polar surface area (TPSA) is 79.1 Å². The second-order valence-corrected chi connectivity index (χ2v) is 4.82. The maximum atomic E-state index is 12.0. The molecule has 0 N–H and O–H groups in total. The molecule has 3 heterocycles. The first-order chi connectivity index (χ1) is 11.7. The molecule has 0 radical (unpaired) electrons. The van der Waals surface area contributed by atoms with E-state index in [9.17, 15) is 4.79 Å². The molecule has 122 valence electrons. The van der Waals surface area contributed by atoms with Gasteiger partial charge >= 0.3 is 5.97 Å². The van der Waals surface area contributed by atoms with Crippen molar-refractivity contribution in [1.29, 1.82) is 0 Å². The van der Waals surface area contributed by atoms with Gasteiger partial charge in [-0.05, 0) is 25.1 Å². The summed E-state index contributed by atoms with van der Waals surface area (Å²) in [6, 6.07) is 9.07. The van der Waals surface area contributed by atoms with Crippen molar-refractivity contribution >= 4 is 5.97 Å². The Bertz CT molecular complexity index is 829. The fourth-order valence-corrected chi connectivity index (χ4v) is 2.19. The van der Waals surface area contributed by atoms with Crippen LogP contribution in [-0.2, 0) is 4.74 Å². The van der Waals surface area contributed by atoms with Crippen molar-refractivity contribution in [2.45, 2.75) is 6.92 Å². The van der Waals surface area contributed by atoms with E-state index in [0.29, 0.717) is 17.5 Å². The average Bonchev–Trinajstić information content (AvgIpc) is 3.08. The van der Waals surface area contributed by atoms with Crippen LogP contribution in [-0.4, -0.2) is 39.2 Å². The molecule has 0 aliphatic carbocycles. The first kappa shape index (κ1) is 15.7. The first-order valence-corrected chi connectivity index (χ1v) is 7.41. The van der Waals surface area contributed by atoms with E-state index in [1.165, 1.54) is 0 Å². The average molecular weight is 324 g/mol. The molecule has 3 aromatic rings. The van der Waals surface area contributed by atoms with Gasteiger partial charge in [0.05, 0.1) is 13.7 Å². The molecule has 0 saturated carbocycles.